The standard InChI is InChI=1S/C18H24N4O2.ClH/c1-12-5-6-17(24-4)16(11-12)22-9-7-15(20-22)18(23)21-10-8-19-13(2)14(21)3;/h5-7,9,11,13-14,19H,8,10H2,1-4H3;1H. The molecule has 1 aliphatic rings. The number of halogens is 1. The Balaban J connectivity index is 0.00000225. The van der Waals surface area contributed by atoms with Crippen LogP contribution in [0.5, 0.6) is 5.75 Å². The third-order valence-corrected chi connectivity index (χ3v) is 4.68. The number of hydrogen-bond acceptors (Lipinski definition) is 4. The molecule has 1 fully saturated rings. The van der Waals surface area contributed by atoms with Gasteiger partial charge in [0, 0.05) is 31.4 Å². The van der Waals surface area contributed by atoms with Crippen LogP contribution in [0.15, 0.2) is 30.5 Å². The molecule has 0 radical (unpaired) electrons. The summed E-state index contributed by atoms with van der Waals surface area (Å²) < 4.78 is 7.11. The minimum absolute atomic E-state index is 0. The SMILES string of the molecule is COc1ccc(C)cc1-n1ccc(C(=O)N2CCNC(C)C2C)n1.Cl. The first-order valence-electron chi connectivity index (χ1n) is 8.26. The van der Waals surface area contributed by atoms with E-state index >= 15 is 0 Å². The van der Waals surface area contributed by atoms with Crippen LogP contribution in [-0.2, 0) is 0 Å². The van der Waals surface area contributed by atoms with Gasteiger partial charge in [0.2, 0.25) is 0 Å². The smallest absolute Gasteiger partial charge is 0.274 e. The summed E-state index contributed by atoms with van der Waals surface area (Å²) in [5.41, 5.74) is 2.40. The molecule has 2 heterocycles. The van der Waals surface area contributed by atoms with Crippen LogP contribution in [0.2, 0.25) is 0 Å². The minimum atomic E-state index is -0.0266. The fraction of sp³-hybridized carbons (Fsp3) is 0.444. The number of nitrogens with zero attached hydrogens (tertiary/aromatic N) is 3. The van der Waals surface area contributed by atoms with E-state index in [4.69, 9.17) is 4.74 Å². The van der Waals surface area contributed by atoms with Crippen molar-refractivity contribution in [2.24, 2.45) is 0 Å². The van der Waals surface area contributed by atoms with Gasteiger partial charge in [-0.2, -0.15) is 5.10 Å². The molecule has 2 aromatic rings. The Morgan fingerprint density at radius 2 is 2.08 bits per heavy atom. The van der Waals surface area contributed by atoms with Crippen LogP contribution in [-0.4, -0.2) is 52.9 Å². The lowest BCUT2D eigenvalue weighted by Gasteiger charge is -2.38. The molecule has 1 amide bonds. The van der Waals surface area contributed by atoms with Crippen LogP contribution in [0, 0.1) is 6.92 Å². The largest absolute Gasteiger partial charge is 0.494 e. The minimum Gasteiger partial charge on any atom is -0.494 e. The van der Waals surface area contributed by atoms with Crippen molar-refractivity contribution in [2.75, 3.05) is 20.2 Å². The van der Waals surface area contributed by atoms with Crippen molar-refractivity contribution in [1.29, 1.82) is 0 Å². The van der Waals surface area contributed by atoms with E-state index < -0.39 is 0 Å². The van der Waals surface area contributed by atoms with Crippen LogP contribution in [0.1, 0.15) is 29.9 Å². The molecule has 1 saturated heterocycles. The number of ether oxygens (including phenoxy) is 1. The fourth-order valence-electron chi connectivity index (χ4n) is 3.04. The number of aromatic nitrogens is 2. The van der Waals surface area contributed by atoms with Crippen molar-refractivity contribution in [3.8, 4) is 11.4 Å². The van der Waals surface area contributed by atoms with Crippen molar-refractivity contribution >= 4 is 18.3 Å². The zero-order valence-corrected chi connectivity index (χ0v) is 15.8. The number of methoxy groups -OCH3 is 1. The van der Waals surface area contributed by atoms with Gasteiger partial charge < -0.3 is 15.0 Å². The Hall–Kier alpha value is -2.05. The Morgan fingerprint density at radius 3 is 2.80 bits per heavy atom. The number of hydrogen-bond donors (Lipinski definition) is 1. The molecule has 25 heavy (non-hydrogen) atoms. The monoisotopic (exact) mass is 364 g/mol. The van der Waals surface area contributed by atoms with Gasteiger partial charge in [-0.05, 0) is 44.5 Å². The van der Waals surface area contributed by atoms with Gasteiger partial charge in [0.05, 0.1) is 7.11 Å². The number of benzene rings is 1. The third-order valence-electron chi connectivity index (χ3n) is 4.68. The number of rotatable bonds is 3. The van der Waals surface area contributed by atoms with Crippen molar-refractivity contribution in [2.45, 2.75) is 32.9 Å². The van der Waals surface area contributed by atoms with E-state index in [1.54, 1.807) is 24.1 Å². The lowest BCUT2D eigenvalue weighted by Crippen LogP contribution is -2.57. The van der Waals surface area contributed by atoms with Crippen LogP contribution in [0.3, 0.4) is 0 Å². The van der Waals surface area contributed by atoms with Gasteiger partial charge in [-0.1, -0.05) is 6.07 Å². The van der Waals surface area contributed by atoms with E-state index in [-0.39, 0.29) is 30.4 Å². The summed E-state index contributed by atoms with van der Waals surface area (Å²) in [6, 6.07) is 8.08. The quantitative estimate of drug-likeness (QED) is 0.908. The first-order chi connectivity index (χ1) is 11.5. The zero-order valence-electron chi connectivity index (χ0n) is 15.0. The average molecular weight is 365 g/mol. The highest BCUT2D eigenvalue weighted by Gasteiger charge is 2.29. The van der Waals surface area contributed by atoms with Gasteiger partial charge >= 0.3 is 0 Å². The first-order valence-corrected chi connectivity index (χ1v) is 8.26. The molecule has 2 unspecified atom stereocenters. The zero-order chi connectivity index (χ0) is 17.3. The Kier molecular flexibility index (Phi) is 6.08. The molecule has 1 aliphatic heterocycles. The second kappa shape index (κ2) is 7.89. The molecule has 7 heteroatoms. The highest BCUT2D eigenvalue weighted by Crippen LogP contribution is 2.24. The maximum atomic E-state index is 12.8. The van der Waals surface area contributed by atoms with Gasteiger partial charge in [-0.25, -0.2) is 4.68 Å². The van der Waals surface area contributed by atoms with Crippen molar-refractivity contribution < 1.29 is 9.53 Å². The Morgan fingerprint density at radius 1 is 1.32 bits per heavy atom. The van der Waals surface area contributed by atoms with E-state index in [2.05, 4.69) is 24.3 Å². The van der Waals surface area contributed by atoms with E-state index in [1.165, 1.54) is 0 Å². The highest BCUT2D eigenvalue weighted by molar-refractivity contribution is 5.92. The molecular weight excluding hydrogens is 340 g/mol. The summed E-state index contributed by atoms with van der Waals surface area (Å²) in [6.07, 6.45) is 1.81. The normalized spacial score (nSPS) is 20.1. The van der Waals surface area contributed by atoms with Gasteiger partial charge in [-0.3, -0.25) is 4.79 Å². The van der Waals surface area contributed by atoms with Crippen LogP contribution in [0.25, 0.3) is 5.69 Å². The first kappa shape index (κ1) is 19.3. The second-order valence-electron chi connectivity index (χ2n) is 6.30. The van der Waals surface area contributed by atoms with Crippen molar-refractivity contribution in [3.05, 3.63) is 41.7 Å². The van der Waals surface area contributed by atoms with E-state index in [1.807, 2.05) is 30.0 Å². The molecule has 0 saturated carbocycles. The van der Waals surface area contributed by atoms with Gasteiger partial charge in [0.15, 0.2) is 5.69 Å². The van der Waals surface area contributed by atoms with Crippen molar-refractivity contribution in [3.63, 3.8) is 0 Å². The lowest BCUT2D eigenvalue weighted by molar-refractivity contribution is 0.0596. The summed E-state index contributed by atoms with van der Waals surface area (Å²) >= 11 is 0. The molecule has 2 atom stereocenters. The Bertz CT molecular complexity index is 746. The number of nitrogens with one attached hydrogen (secondary N) is 1. The third kappa shape index (κ3) is 3.80. The number of piperazine rings is 1. The molecule has 0 spiro atoms. The van der Waals surface area contributed by atoms with Crippen LogP contribution in [0.4, 0.5) is 0 Å². The summed E-state index contributed by atoms with van der Waals surface area (Å²) in [6.45, 7) is 7.69. The molecule has 1 aromatic heterocycles. The molecule has 136 valence electrons. The van der Waals surface area contributed by atoms with Crippen LogP contribution >= 0.6 is 12.4 Å². The predicted molar refractivity (Wildman–Crippen MR) is 100 cm³/mol. The molecule has 0 aliphatic carbocycles. The fourth-order valence-corrected chi connectivity index (χ4v) is 3.04. The summed E-state index contributed by atoms with van der Waals surface area (Å²) in [7, 11) is 1.63. The average Bonchev–Trinajstić information content (AvgIpc) is 3.06. The number of amides is 1. The predicted octanol–water partition coefficient (Wildman–Crippen LogP) is 2.43. The van der Waals surface area contributed by atoms with Gasteiger partial charge in [-0.15, -0.1) is 12.4 Å². The molecule has 1 aromatic carbocycles. The molecule has 6 nitrogen and oxygen atoms in total. The summed E-state index contributed by atoms with van der Waals surface area (Å²) in [5.74, 6) is 0.702. The molecular formula is C18H25ClN4O2. The maximum Gasteiger partial charge on any atom is 0.274 e. The van der Waals surface area contributed by atoms with E-state index in [0.29, 0.717) is 12.2 Å². The number of aryl methyl sites for hydroxylation is 1. The molecule has 0 bridgehead atoms. The van der Waals surface area contributed by atoms with Gasteiger partial charge in [0.1, 0.15) is 11.4 Å². The topological polar surface area (TPSA) is 59.4 Å². The lowest BCUT2D eigenvalue weighted by atomic mass is 10.1. The summed E-state index contributed by atoms with van der Waals surface area (Å²) in [5, 5.41) is 7.87. The van der Waals surface area contributed by atoms with E-state index in [9.17, 15) is 4.79 Å². The van der Waals surface area contributed by atoms with E-state index in [0.717, 1.165) is 23.5 Å². The molecule has 3 rings (SSSR count). The van der Waals surface area contributed by atoms with Gasteiger partial charge in [0.25, 0.3) is 5.91 Å². The number of carbonyl (C=O) groups is 1. The second-order valence-corrected chi connectivity index (χ2v) is 6.30. The van der Waals surface area contributed by atoms with Crippen molar-refractivity contribution in [1.82, 2.24) is 20.0 Å². The molecule has 1 N–H and O–H groups in total. The number of carbonyl (C=O) groups excluding carboxylic acids is 1. The maximum absolute atomic E-state index is 12.8. The highest BCUT2D eigenvalue weighted by atomic mass is 35.5. The Labute approximate surface area is 154 Å². The van der Waals surface area contributed by atoms with Crippen LogP contribution < -0.4 is 10.1 Å². The summed E-state index contributed by atoms with van der Waals surface area (Å²) in [4.78, 5) is 14.7.